The number of pyridine rings is 1. The Morgan fingerprint density at radius 3 is 2.74 bits per heavy atom. The van der Waals surface area contributed by atoms with Crippen LogP contribution in [-0.2, 0) is 6.42 Å². The maximum Gasteiger partial charge on any atom is 0.165 e. The highest BCUT2D eigenvalue weighted by Gasteiger charge is 2.19. The summed E-state index contributed by atoms with van der Waals surface area (Å²) in [7, 11) is 0. The molecular weight excluding hydrogens is 254 g/mol. The number of hydrogen-bond acceptors (Lipinski definition) is 3. The number of rotatable bonds is 2. The van der Waals surface area contributed by atoms with Gasteiger partial charge in [0.15, 0.2) is 5.65 Å². The molecule has 98 valence electrons. The van der Waals surface area contributed by atoms with Crippen LogP contribution in [0.5, 0.6) is 0 Å². The van der Waals surface area contributed by atoms with Crippen molar-refractivity contribution in [3.05, 3.63) is 41.7 Å². The molecule has 0 atom stereocenters. The van der Waals surface area contributed by atoms with Crippen molar-refractivity contribution >= 4 is 22.5 Å². The molecule has 0 aliphatic carbocycles. The first-order valence-corrected chi connectivity index (χ1v) is 7.29. The zero-order chi connectivity index (χ0) is 13.5. The third-order valence-electron chi connectivity index (χ3n) is 2.90. The second-order valence-electron chi connectivity index (χ2n) is 5.90. The first-order chi connectivity index (χ1) is 9.04. The number of hydrogen-bond donors (Lipinski definition) is 0. The highest BCUT2D eigenvalue weighted by molar-refractivity contribution is 7.12. The van der Waals surface area contributed by atoms with Crippen molar-refractivity contribution in [2.75, 3.05) is 0 Å². The minimum Gasteiger partial charge on any atom is -0.271 e. The van der Waals surface area contributed by atoms with Crippen molar-refractivity contribution in [2.24, 2.45) is 5.41 Å². The van der Waals surface area contributed by atoms with Gasteiger partial charge in [-0.2, -0.15) is 0 Å². The molecule has 0 fully saturated rings. The summed E-state index contributed by atoms with van der Waals surface area (Å²) in [6.07, 6.45) is 2.76. The maximum absolute atomic E-state index is 4.76. The van der Waals surface area contributed by atoms with Gasteiger partial charge in [0.1, 0.15) is 16.3 Å². The van der Waals surface area contributed by atoms with E-state index in [2.05, 4.69) is 47.8 Å². The Morgan fingerprint density at radius 2 is 2.05 bits per heavy atom. The second kappa shape index (κ2) is 4.46. The molecule has 0 saturated carbocycles. The van der Waals surface area contributed by atoms with Crippen LogP contribution >= 0.6 is 11.3 Å². The van der Waals surface area contributed by atoms with E-state index in [0.717, 1.165) is 23.4 Å². The fraction of sp³-hybridized carbons (Fsp3) is 0.333. The van der Waals surface area contributed by atoms with Gasteiger partial charge in [-0.25, -0.2) is 9.97 Å². The van der Waals surface area contributed by atoms with Crippen LogP contribution in [0.2, 0.25) is 0 Å². The molecule has 0 radical (unpaired) electrons. The molecular formula is C15H17N3S. The summed E-state index contributed by atoms with van der Waals surface area (Å²) >= 11 is 1.72. The maximum atomic E-state index is 4.76. The van der Waals surface area contributed by atoms with Gasteiger partial charge < -0.3 is 0 Å². The third kappa shape index (κ3) is 2.40. The summed E-state index contributed by atoms with van der Waals surface area (Å²) in [6, 6.07) is 8.15. The van der Waals surface area contributed by atoms with Crippen LogP contribution in [-0.4, -0.2) is 14.5 Å². The van der Waals surface area contributed by atoms with Crippen LogP contribution in [0.25, 0.3) is 16.2 Å². The highest BCUT2D eigenvalue weighted by Crippen LogP contribution is 2.27. The van der Waals surface area contributed by atoms with Gasteiger partial charge in [0, 0.05) is 12.6 Å². The van der Waals surface area contributed by atoms with Gasteiger partial charge in [-0.3, -0.25) is 4.57 Å². The molecule has 0 spiro atoms. The Bertz CT molecular complexity index is 690. The van der Waals surface area contributed by atoms with Gasteiger partial charge in [-0.15, -0.1) is 11.3 Å². The molecule has 3 aromatic rings. The van der Waals surface area contributed by atoms with E-state index in [1.165, 1.54) is 5.00 Å². The zero-order valence-electron chi connectivity index (χ0n) is 11.4. The summed E-state index contributed by atoms with van der Waals surface area (Å²) < 4.78 is 2.19. The predicted molar refractivity (Wildman–Crippen MR) is 79.9 cm³/mol. The van der Waals surface area contributed by atoms with Crippen molar-refractivity contribution in [1.82, 2.24) is 14.5 Å². The van der Waals surface area contributed by atoms with E-state index in [-0.39, 0.29) is 5.41 Å². The van der Waals surface area contributed by atoms with Crippen molar-refractivity contribution in [3.8, 4) is 5.00 Å². The fourth-order valence-electron chi connectivity index (χ4n) is 2.18. The second-order valence-corrected chi connectivity index (χ2v) is 6.82. The first kappa shape index (κ1) is 12.4. The standard InChI is InChI=1S/C15H17N3S/c1-15(2,3)10-12-17-11-6-4-8-16-14(11)18(12)13-7-5-9-19-13/h4-9H,10H2,1-3H3. The molecule has 0 N–H and O–H groups in total. The van der Waals surface area contributed by atoms with Crippen LogP contribution in [0.3, 0.4) is 0 Å². The van der Waals surface area contributed by atoms with Gasteiger partial charge in [-0.05, 0) is 35.1 Å². The van der Waals surface area contributed by atoms with Crippen LogP contribution in [0, 0.1) is 5.41 Å². The molecule has 3 heterocycles. The largest absolute Gasteiger partial charge is 0.271 e. The topological polar surface area (TPSA) is 30.7 Å². The number of aromatic nitrogens is 3. The quantitative estimate of drug-likeness (QED) is 0.703. The Morgan fingerprint density at radius 1 is 1.21 bits per heavy atom. The Labute approximate surface area is 116 Å². The number of fused-ring (bicyclic) bond motifs is 1. The van der Waals surface area contributed by atoms with Crippen molar-refractivity contribution in [1.29, 1.82) is 0 Å². The van der Waals surface area contributed by atoms with Gasteiger partial charge >= 0.3 is 0 Å². The lowest BCUT2D eigenvalue weighted by molar-refractivity contribution is 0.399. The van der Waals surface area contributed by atoms with Crippen LogP contribution in [0.1, 0.15) is 26.6 Å². The summed E-state index contributed by atoms with van der Waals surface area (Å²) in [5.41, 5.74) is 2.12. The lowest BCUT2D eigenvalue weighted by Crippen LogP contribution is -2.13. The number of nitrogens with zero attached hydrogens (tertiary/aromatic N) is 3. The van der Waals surface area contributed by atoms with Gasteiger partial charge in [0.25, 0.3) is 0 Å². The van der Waals surface area contributed by atoms with Gasteiger partial charge in [0.2, 0.25) is 0 Å². The van der Waals surface area contributed by atoms with Crippen LogP contribution in [0.15, 0.2) is 35.8 Å². The fourth-order valence-corrected chi connectivity index (χ4v) is 2.93. The smallest absolute Gasteiger partial charge is 0.165 e. The molecule has 0 amide bonds. The zero-order valence-corrected chi connectivity index (χ0v) is 12.2. The normalized spacial score (nSPS) is 12.2. The molecule has 0 saturated heterocycles. The van der Waals surface area contributed by atoms with Crippen molar-refractivity contribution in [3.63, 3.8) is 0 Å². The first-order valence-electron chi connectivity index (χ1n) is 6.41. The van der Waals surface area contributed by atoms with Crippen molar-refractivity contribution < 1.29 is 0 Å². The Balaban J connectivity index is 2.23. The van der Waals surface area contributed by atoms with E-state index in [1.807, 2.05) is 18.3 Å². The van der Waals surface area contributed by atoms with Crippen molar-refractivity contribution in [2.45, 2.75) is 27.2 Å². The molecule has 0 unspecified atom stereocenters. The minimum absolute atomic E-state index is 0.205. The van der Waals surface area contributed by atoms with E-state index < -0.39 is 0 Å². The Hall–Kier alpha value is -1.68. The van der Waals surface area contributed by atoms with E-state index in [0.29, 0.717) is 0 Å². The number of imidazole rings is 1. The summed E-state index contributed by atoms with van der Waals surface area (Å²) in [6.45, 7) is 6.70. The van der Waals surface area contributed by atoms with Gasteiger partial charge in [0.05, 0.1) is 0 Å². The monoisotopic (exact) mass is 271 g/mol. The average molecular weight is 271 g/mol. The molecule has 0 aliphatic heterocycles. The molecule has 3 rings (SSSR count). The van der Waals surface area contributed by atoms with Crippen LogP contribution in [0.4, 0.5) is 0 Å². The average Bonchev–Trinajstić information content (AvgIpc) is 2.92. The van der Waals surface area contributed by atoms with Gasteiger partial charge in [-0.1, -0.05) is 20.8 Å². The molecule has 4 heteroatoms. The lowest BCUT2D eigenvalue weighted by Gasteiger charge is -2.18. The highest BCUT2D eigenvalue weighted by atomic mass is 32.1. The summed E-state index contributed by atoms with van der Waals surface area (Å²) in [5.74, 6) is 1.09. The predicted octanol–water partition coefficient (Wildman–Crippen LogP) is 4.07. The summed E-state index contributed by atoms with van der Waals surface area (Å²) in [4.78, 5) is 9.26. The van der Waals surface area contributed by atoms with E-state index in [1.54, 1.807) is 11.3 Å². The molecule has 0 aliphatic rings. The third-order valence-corrected chi connectivity index (χ3v) is 3.75. The number of thiophene rings is 1. The molecule has 19 heavy (non-hydrogen) atoms. The molecule has 0 aromatic carbocycles. The Kier molecular flexibility index (Phi) is 2.90. The van der Waals surface area contributed by atoms with E-state index in [4.69, 9.17) is 4.98 Å². The van der Waals surface area contributed by atoms with E-state index >= 15 is 0 Å². The lowest BCUT2D eigenvalue weighted by atomic mass is 9.92. The summed E-state index contributed by atoms with van der Waals surface area (Å²) in [5, 5.41) is 3.27. The van der Waals surface area contributed by atoms with E-state index in [9.17, 15) is 0 Å². The minimum atomic E-state index is 0.205. The van der Waals surface area contributed by atoms with Crippen LogP contribution < -0.4 is 0 Å². The SMILES string of the molecule is CC(C)(C)Cc1nc2cccnc2n1-c1cccs1. The molecule has 0 bridgehead atoms. The molecule has 3 nitrogen and oxygen atoms in total. The molecule has 3 aromatic heterocycles.